The summed E-state index contributed by atoms with van der Waals surface area (Å²) in [5, 5.41) is 10.3. The number of likely N-dealkylation sites (N-methyl/N-ethyl adjacent to an activating group) is 1. The van der Waals surface area contributed by atoms with Gasteiger partial charge in [0.05, 0.1) is 33.9 Å². The van der Waals surface area contributed by atoms with E-state index in [1.54, 1.807) is 12.2 Å². The number of allylic oxidation sites excluding steroid dienone is 11. The second kappa shape index (κ2) is 39.5. The molecule has 0 bridgehead atoms. The number of carbonyl (C=O) groups is 2. The van der Waals surface area contributed by atoms with E-state index in [9.17, 15) is 24.2 Å². The molecule has 0 saturated carbocycles. The summed E-state index contributed by atoms with van der Waals surface area (Å²) in [6.07, 6.45) is 45.5. The van der Waals surface area contributed by atoms with E-state index in [1.165, 1.54) is 64.2 Å². The number of carbonyl (C=O) groups excluding carboxylic acids is 2. The van der Waals surface area contributed by atoms with E-state index in [0.29, 0.717) is 30.3 Å². The van der Waals surface area contributed by atoms with Crippen molar-refractivity contribution < 1.29 is 47.2 Å². The van der Waals surface area contributed by atoms with E-state index in [-0.39, 0.29) is 26.1 Å². The third kappa shape index (κ3) is 43.3. The zero-order valence-corrected chi connectivity index (χ0v) is 38.7. The van der Waals surface area contributed by atoms with Crippen molar-refractivity contribution in [3.63, 3.8) is 0 Å². The second-order valence-corrected chi connectivity index (χ2v) is 17.7. The summed E-state index contributed by atoms with van der Waals surface area (Å²) < 4.78 is 34.1. The number of unbranched alkanes of at least 4 members (excludes halogenated alkanes) is 13. The number of aliphatic hydroxyl groups is 1. The topological polar surface area (TPSA) is 129 Å². The van der Waals surface area contributed by atoms with Gasteiger partial charge in [0.15, 0.2) is 6.10 Å². The van der Waals surface area contributed by atoms with E-state index in [2.05, 4.69) is 62.5 Å². The van der Waals surface area contributed by atoms with Gasteiger partial charge < -0.3 is 24.0 Å². The number of ether oxygens (including phenoxy) is 2. The Bertz CT molecular complexity index is 1250. The predicted molar refractivity (Wildman–Crippen MR) is 244 cm³/mol. The number of phosphoric acid groups is 1. The standard InChI is InChI=1S/C48H84NO9P/c1-6-8-10-12-14-16-18-20-21-22-23-25-27-29-31-33-35-39-47(51)55-43-46(44-57-59(53,54)56-42-41-49(3,4)5)58-48(52)40-36-38-45(50)37-34-32-30-28-26-24-19-17-15-13-11-9-7-2/h14-17,20-21,24,26,30,32,34,37,45-46,50H,6-13,18-19,22-23,25,27-29,31,33,35-36,38-44H2,1-5H3/p+1/b16-14-,17-15-,21-20-,26-24-,32-30-,37-34+/t45-,46+/m0/s1. The van der Waals surface area contributed by atoms with Crippen LogP contribution in [-0.2, 0) is 32.7 Å². The summed E-state index contributed by atoms with van der Waals surface area (Å²) >= 11 is 0. The summed E-state index contributed by atoms with van der Waals surface area (Å²) in [4.78, 5) is 35.4. The first-order chi connectivity index (χ1) is 28.4. The molecule has 0 fully saturated rings. The molecule has 2 N–H and O–H groups in total. The van der Waals surface area contributed by atoms with Gasteiger partial charge in [-0.15, -0.1) is 0 Å². The largest absolute Gasteiger partial charge is 0.472 e. The van der Waals surface area contributed by atoms with Crippen molar-refractivity contribution >= 4 is 19.8 Å². The van der Waals surface area contributed by atoms with Crippen molar-refractivity contribution in [3.8, 4) is 0 Å². The first-order valence-corrected chi connectivity index (χ1v) is 24.3. The van der Waals surface area contributed by atoms with E-state index in [4.69, 9.17) is 18.5 Å². The smallest absolute Gasteiger partial charge is 0.462 e. The average molecular weight is 851 g/mol. The summed E-state index contributed by atoms with van der Waals surface area (Å²) in [5.74, 6) is -1.02. The Kier molecular flexibility index (Phi) is 37.8. The molecule has 0 amide bonds. The minimum atomic E-state index is -4.44. The zero-order chi connectivity index (χ0) is 43.7. The van der Waals surface area contributed by atoms with Crippen molar-refractivity contribution in [3.05, 3.63) is 72.9 Å². The van der Waals surface area contributed by atoms with Crippen LogP contribution in [0.25, 0.3) is 0 Å². The molecule has 59 heavy (non-hydrogen) atoms. The van der Waals surface area contributed by atoms with Gasteiger partial charge in [-0.1, -0.05) is 145 Å². The first-order valence-electron chi connectivity index (χ1n) is 22.8. The molecule has 0 aliphatic rings. The number of hydrogen-bond donors (Lipinski definition) is 2. The van der Waals surface area contributed by atoms with E-state index in [0.717, 1.165) is 51.4 Å². The van der Waals surface area contributed by atoms with Crippen molar-refractivity contribution in [2.24, 2.45) is 0 Å². The van der Waals surface area contributed by atoms with E-state index in [1.807, 2.05) is 33.3 Å². The van der Waals surface area contributed by atoms with Crippen molar-refractivity contribution in [2.45, 2.75) is 174 Å². The summed E-state index contributed by atoms with van der Waals surface area (Å²) in [5.41, 5.74) is 0. The van der Waals surface area contributed by atoms with Gasteiger partial charge in [0.2, 0.25) is 0 Å². The Balaban J connectivity index is 4.56. The van der Waals surface area contributed by atoms with Gasteiger partial charge in [0.25, 0.3) is 0 Å². The fourth-order valence-corrected chi connectivity index (χ4v) is 6.42. The molecule has 0 radical (unpaired) electrons. The van der Waals surface area contributed by atoms with Crippen molar-refractivity contribution in [1.82, 2.24) is 0 Å². The number of esters is 2. The minimum absolute atomic E-state index is 0.00731. The third-order valence-corrected chi connectivity index (χ3v) is 10.3. The van der Waals surface area contributed by atoms with E-state index < -0.39 is 38.6 Å². The summed E-state index contributed by atoms with van der Waals surface area (Å²) in [6.45, 7) is 4.12. The normalized spacial score (nSPS) is 14.8. The maximum absolute atomic E-state index is 12.7. The first kappa shape index (κ1) is 56.4. The van der Waals surface area contributed by atoms with Gasteiger partial charge >= 0.3 is 19.8 Å². The predicted octanol–water partition coefficient (Wildman–Crippen LogP) is 12.0. The molecule has 0 rings (SSSR count). The molecule has 0 aromatic heterocycles. The molecule has 1 unspecified atom stereocenters. The molecule has 3 atom stereocenters. The molecule has 0 aliphatic carbocycles. The van der Waals surface area contributed by atoms with Crippen LogP contribution in [0.1, 0.15) is 162 Å². The van der Waals surface area contributed by atoms with Crippen LogP contribution < -0.4 is 0 Å². The Morgan fingerprint density at radius 1 is 0.610 bits per heavy atom. The van der Waals surface area contributed by atoms with Gasteiger partial charge in [-0.25, -0.2) is 4.57 Å². The number of hydrogen-bond acceptors (Lipinski definition) is 8. The molecule has 11 heteroatoms. The van der Waals surface area contributed by atoms with Crippen LogP contribution in [0.5, 0.6) is 0 Å². The lowest BCUT2D eigenvalue weighted by molar-refractivity contribution is -0.870. The maximum Gasteiger partial charge on any atom is 0.472 e. The lowest BCUT2D eigenvalue weighted by atomic mass is 10.1. The van der Waals surface area contributed by atoms with Crippen LogP contribution in [-0.4, -0.2) is 86.1 Å². The molecule has 0 aliphatic heterocycles. The number of rotatable bonds is 40. The minimum Gasteiger partial charge on any atom is -0.462 e. The van der Waals surface area contributed by atoms with Crippen LogP contribution in [0, 0.1) is 0 Å². The van der Waals surface area contributed by atoms with Crippen LogP contribution in [0.15, 0.2) is 72.9 Å². The summed E-state index contributed by atoms with van der Waals surface area (Å²) in [7, 11) is 1.34. The van der Waals surface area contributed by atoms with Gasteiger partial charge in [-0.3, -0.25) is 18.6 Å². The highest BCUT2D eigenvalue weighted by atomic mass is 31.2. The fraction of sp³-hybridized carbons (Fsp3) is 0.708. The van der Waals surface area contributed by atoms with Crippen LogP contribution >= 0.6 is 7.82 Å². The molecule has 10 nitrogen and oxygen atoms in total. The monoisotopic (exact) mass is 851 g/mol. The van der Waals surface area contributed by atoms with Gasteiger partial charge in [0.1, 0.15) is 19.8 Å². The van der Waals surface area contributed by atoms with E-state index >= 15 is 0 Å². The SMILES string of the molecule is CCCCC/C=C\C/C=C\C/C=C\C=C\[C@H](O)CCCC(=O)O[C@H](COC(=O)CCCCCCCCC/C=C\C/C=C\CCCCC)COP(=O)(O)OCC[N+](C)(C)C. The van der Waals surface area contributed by atoms with Crippen LogP contribution in [0.2, 0.25) is 0 Å². The number of quaternary nitrogens is 1. The number of aliphatic hydroxyl groups excluding tert-OH is 1. The quantitative estimate of drug-likeness (QED) is 0.0155. The highest BCUT2D eigenvalue weighted by Crippen LogP contribution is 2.43. The Labute approximate surface area is 360 Å². The maximum atomic E-state index is 12.7. The highest BCUT2D eigenvalue weighted by molar-refractivity contribution is 7.47. The Morgan fingerprint density at radius 3 is 1.69 bits per heavy atom. The Hall–Kier alpha value is -2.59. The van der Waals surface area contributed by atoms with Gasteiger partial charge in [-0.05, 0) is 77.0 Å². The molecule has 0 aromatic carbocycles. The molecule has 0 saturated heterocycles. The highest BCUT2D eigenvalue weighted by Gasteiger charge is 2.27. The lowest BCUT2D eigenvalue weighted by Gasteiger charge is -2.24. The number of phosphoric ester groups is 1. The lowest BCUT2D eigenvalue weighted by Crippen LogP contribution is -2.37. The second-order valence-electron chi connectivity index (χ2n) is 16.3. The van der Waals surface area contributed by atoms with Crippen molar-refractivity contribution in [2.75, 3.05) is 47.5 Å². The Morgan fingerprint density at radius 2 is 1.12 bits per heavy atom. The van der Waals surface area contributed by atoms with Crippen molar-refractivity contribution in [1.29, 1.82) is 0 Å². The number of nitrogens with zero attached hydrogens (tertiary/aromatic N) is 1. The molecular formula is C48H85NO9P+. The third-order valence-electron chi connectivity index (χ3n) is 9.31. The molecule has 0 spiro atoms. The van der Waals surface area contributed by atoms with Crippen LogP contribution in [0.3, 0.4) is 0 Å². The van der Waals surface area contributed by atoms with Gasteiger partial charge in [0, 0.05) is 12.8 Å². The molecule has 0 heterocycles. The zero-order valence-electron chi connectivity index (χ0n) is 37.8. The molecular weight excluding hydrogens is 766 g/mol. The molecule has 340 valence electrons. The van der Waals surface area contributed by atoms with Gasteiger partial charge in [-0.2, -0.15) is 0 Å². The molecule has 0 aromatic rings. The summed E-state index contributed by atoms with van der Waals surface area (Å²) in [6, 6.07) is 0. The van der Waals surface area contributed by atoms with Crippen LogP contribution in [0.4, 0.5) is 0 Å². The fourth-order valence-electron chi connectivity index (χ4n) is 5.68. The average Bonchev–Trinajstić information content (AvgIpc) is 3.18.